The van der Waals surface area contributed by atoms with Gasteiger partial charge in [-0.2, -0.15) is 0 Å². The Morgan fingerprint density at radius 3 is 2.68 bits per heavy atom. The topological polar surface area (TPSA) is 56.8 Å². The third-order valence-electron chi connectivity index (χ3n) is 3.66. The first-order chi connectivity index (χ1) is 9.29. The minimum atomic E-state index is -0.113. The number of methoxy groups -OCH3 is 1. The fraction of sp³-hybridized carbons (Fsp3) is 0.500. The summed E-state index contributed by atoms with van der Waals surface area (Å²) in [4.78, 5) is 12.1. The fourth-order valence-corrected chi connectivity index (χ4v) is 2.63. The first-order valence-electron chi connectivity index (χ1n) is 6.41. The van der Waals surface area contributed by atoms with Gasteiger partial charge in [0.2, 0.25) is 0 Å². The molecule has 0 unspecified atom stereocenters. The van der Waals surface area contributed by atoms with Gasteiger partial charge in [-0.15, -0.1) is 0 Å². The van der Waals surface area contributed by atoms with Gasteiger partial charge >= 0.3 is 0 Å². The highest BCUT2D eigenvalue weighted by Gasteiger charge is 2.48. The van der Waals surface area contributed by atoms with Crippen LogP contribution in [0.1, 0.15) is 10.4 Å². The van der Waals surface area contributed by atoms with Gasteiger partial charge in [-0.3, -0.25) is 4.79 Å². The van der Waals surface area contributed by atoms with Crippen LogP contribution in [0.15, 0.2) is 30.3 Å². The number of nitrogens with one attached hydrogen (secondary N) is 1. The summed E-state index contributed by atoms with van der Waals surface area (Å²) in [5, 5.41) is 2.97. The molecule has 0 radical (unpaired) electrons. The monoisotopic (exact) mass is 263 g/mol. The van der Waals surface area contributed by atoms with Crippen LogP contribution in [0, 0.1) is 0 Å². The number of carbonyl (C=O) groups is 1. The number of carbonyl (C=O) groups excluding carboxylic acids is 1. The molecule has 5 heteroatoms. The van der Waals surface area contributed by atoms with Crippen molar-refractivity contribution in [3.05, 3.63) is 35.9 Å². The summed E-state index contributed by atoms with van der Waals surface area (Å²) < 4.78 is 16.6. The zero-order valence-corrected chi connectivity index (χ0v) is 10.7. The maximum atomic E-state index is 12.1. The lowest BCUT2D eigenvalue weighted by molar-refractivity contribution is -0.00817. The van der Waals surface area contributed by atoms with E-state index < -0.39 is 0 Å². The number of rotatable bonds is 3. The van der Waals surface area contributed by atoms with Crippen LogP contribution in [-0.2, 0) is 14.2 Å². The van der Waals surface area contributed by atoms with Crippen molar-refractivity contribution in [3.63, 3.8) is 0 Å². The zero-order valence-electron chi connectivity index (χ0n) is 10.7. The predicted octanol–water partition coefficient (Wildman–Crippen LogP) is 0.598. The Labute approximate surface area is 111 Å². The molecule has 2 heterocycles. The lowest BCUT2D eigenvalue weighted by Crippen LogP contribution is -2.44. The Hall–Kier alpha value is -1.43. The summed E-state index contributed by atoms with van der Waals surface area (Å²) >= 11 is 0. The molecule has 1 aromatic rings. The van der Waals surface area contributed by atoms with E-state index in [0.29, 0.717) is 18.8 Å². The van der Waals surface area contributed by atoms with Gasteiger partial charge < -0.3 is 19.5 Å². The molecule has 0 spiro atoms. The Kier molecular flexibility index (Phi) is 3.50. The quantitative estimate of drug-likeness (QED) is 0.867. The van der Waals surface area contributed by atoms with Crippen molar-refractivity contribution >= 4 is 5.91 Å². The molecule has 4 atom stereocenters. The van der Waals surface area contributed by atoms with Crippen LogP contribution in [0.25, 0.3) is 0 Å². The van der Waals surface area contributed by atoms with Gasteiger partial charge in [0.05, 0.1) is 19.3 Å². The summed E-state index contributed by atoms with van der Waals surface area (Å²) in [5.41, 5.74) is 0.646. The lowest BCUT2D eigenvalue weighted by atomic mass is 10.1. The molecule has 1 aromatic carbocycles. The van der Waals surface area contributed by atoms with Crippen LogP contribution in [0.3, 0.4) is 0 Å². The second-order valence-electron chi connectivity index (χ2n) is 4.82. The van der Waals surface area contributed by atoms with E-state index >= 15 is 0 Å². The van der Waals surface area contributed by atoms with E-state index in [4.69, 9.17) is 14.2 Å². The number of ether oxygens (including phenoxy) is 3. The highest BCUT2D eigenvalue weighted by atomic mass is 16.6. The summed E-state index contributed by atoms with van der Waals surface area (Å²) in [7, 11) is 1.65. The molecule has 1 N–H and O–H groups in total. The Balaban J connectivity index is 1.64. The van der Waals surface area contributed by atoms with Crippen molar-refractivity contribution in [3.8, 4) is 0 Å². The third-order valence-corrected chi connectivity index (χ3v) is 3.66. The number of hydrogen-bond donors (Lipinski definition) is 1. The first-order valence-corrected chi connectivity index (χ1v) is 6.41. The van der Waals surface area contributed by atoms with Gasteiger partial charge in [0, 0.05) is 12.7 Å². The largest absolute Gasteiger partial charge is 0.376 e. The number of amides is 1. The van der Waals surface area contributed by atoms with E-state index in [2.05, 4.69) is 5.32 Å². The lowest BCUT2D eigenvalue weighted by Gasteiger charge is -2.17. The molecule has 5 nitrogen and oxygen atoms in total. The van der Waals surface area contributed by atoms with Crippen LogP contribution >= 0.6 is 0 Å². The first kappa shape index (κ1) is 12.6. The highest BCUT2D eigenvalue weighted by Crippen LogP contribution is 2.28. The summed E-state index contributed by atoms with van der Waals surface area (Å²) in [5.74, 6) is -0.0979. The van der Waals surface area contributed by atoms with Gasteiger partial charge in [0.15, 0.2) is 0 Å². The molecule has 2 fully saturated rings. The predicted molar refractivity (Wildman–Crippen MR) is 68.0 cm³/mol. The Bertz CT molecular complexity index is 450. The maximum Gasteiger partial charge on any atom is 0.251 e. The van der Waals surface area contributed by atoms with E-state index in [-0.39, 0.29) is 30.3 Å². The van der Waals surface area contributed by atoms with Crippen molar-refractivity contribution in [2.75, 3.05) is 20.3 Å². The van der Waals surface area contributed by atoms with Crippen LogP contribution in [0.5, 0.6) is 0 Å². The molecule has 0 aromatic heterocycles. The van der Waals surface area contributed by atoms with Gasteiger partial charge in [-0.25, -0.2) is 0 Å². The van der Waals surface area contributed by atoms with Crippen LogP contribution in [0.2, 0.25) is 0 Å². The van der Waals surface area contributed by atoms with Crippen molar-refractivity contribution in [2.24, 2.45) is 0 Å². The Morgan fingerprint density at radius 1 is 1.21 bits per heavy atom. The summed E-state index contributed by atoms with van der Waals surface area (Å²) in [6.07, 6.45) is -0.229. The number of benzene rings is 1. The van der Waals surface area contributed by atoms with Crippen molar-refractivity contribution < 1.29 is 19.0 Å². The maximum absolute atomic E-state index is 12.1. The molecular weight excluding hydrogens is 246 g/mol. The van der Waals surface area contributed by atoms with Crippen molar-refractivity contribution in [1.29, 1.82) is 0 Å². The molecule has 0 aliphatic carbocycles. The van der Waals surface area contributed by atoms with Crippen molar-refractivity contribution in [1.82, 2.24) is 5.32 Å². The Morgan fingerprint density at radius 2 is 1.95 bits per heavy atom. The third kappa shape index (κ3) is 2.36. The molecule has 3 rings (SSSR count). The highest BCUT2D eigenvalue weighted by molar-refractivity contribution is 5.94. The number of hydrogen-bond acceptors (Lipinski definition) is 4. The zero-order chi connectivity index (χ0) is 13.2. The van der Waals surface area contributed by atoms with E-state index in [0.717, 1.165) is 0 Å². The normalized spacial score (nSPS) is 33.1. The minimum absolute atomic E-state index is 0.0383. The molecule has 0 saturated carbocycles. The van der Waals surface area contributed by atoms with Gasteiger partial charge in [0.1, 0.15) is 18.3 Å². The van der Waals surface area contributed by atoms with Gasteiger partial charge in [0.25, 0.3) is 5.91 Å². The average molecular weight is 263 g/mol. The van der Waals surface area contributed by atoms with E-state index in [1.165, 1.54) is 0 Å². The molecule has 2 aliphatic heterocycles. The van der Waals surface area contributed by atoms with Crippen LogP contribution < -0.4 is 5.32 Å². The standard InChI is InChI=1S/C14H17NO4/c1-17-11-8-19-12-10(7-18-13(11)12)15-14(16)9-5-3-2-4-6-9/h2-6,10-13H,7-8H2,1H3,(H,15,16)/t10-,11+,12+,13+/m0/s1. The smallest absolute Gasteiger partial charge is 0.251 e. The van der Waals surface area contributed by atoms with Crippen molar-refractivity contribution in [2.45, 2.75) is 24.4 Å². The number of fused-ring (bicyclic) bond motifs is 1. The average Bonchev–Trinajstić information content (AvgIpc) is 3.02. The summed E-state index contributed by atoms with van der Waals surface area (Å²) in [6, 6.07) is 9.03. The second-order valence-corrected chi connectivity index (χ2v) is 4.82. The summed E-state index contributed by atoms with van der Waals surface area (Å²) in [6.45, 7) is 0.983. The molecule has 2 aliphatic rings. The van der Waals surface area contributed by atoms with Gasteiger partial charge in [-0.05, 0) is 12.1 Å². The minimum Gasteiger partial charge on any atom is -0.376 e. The van der Waals surface area contributed by atoms with E-state index in [9.17, 15) is 4.79 Å². The molecule has 0 bridgehead atoms. The molecular formula is C14H17NO4. The molecule has 2 saturated heterocycles. The SMILES string of the molecule is CO[C@@H]1CO[C@H]2[C@@H]1OC[C@@H]2NC(=O)c1ccccc1. The fourth-order valence-electron chi connectivity index (χ4n) is 2.63. The second kappa shape index (κ2) is 5.28. The molecule has 19 heavy (non-hydrogen) atoms. The van der Waals surface area contributed by atoms with Crippen LogP contribution in [-0.4, -0.2) is 50.6 Å². The molecule has 102 valence electrons. The van der Waals surface area contributed by atoms with E-state index in [1.54, 1.807) is 19.2 Å². The molecule has 1 amide bonds. The van der Waals surface area contributed by atoms with E-state index in [1.807, 2.05) is 18.2 Å². The van der Waals surface area contributed by atoms with Crippen LogP contribution in [0.4, 0.5) is 0 Å². The van der Waals surface area contributed by atoms with Gasteiger partial charge in [-0.1, -0.05) is 18.2 Å².